The maximum atomic E-state index is 12.6. The Morgan fingerprint density at radius 3 is 3.00 bits per heavy atom. The van der Waals surface area contributed by atoms with Gasteiger partial charge < -0.3 is 20.9 Å². The average Bonchev–Trinajstić information content (AvgIpc) is 2.79. The van der Waals surface area contributed by atoms with E-state index in [2.05, 4.69) is 41.9 Å². The van der Waals surface area contributed by atoms with Crippen LogP contribution in [-0.2, 0) is 11.2 Å². The number of amidine groups is 1. The molecule has 1 amide bonds. The lowest BCUT2D eigenvalue weighted by Crippen LogP contribution is -2.42. The summed E-state index contributed by atoms with van der Waals surface area (Å²) in [6, 6.07) is 6.40. The second-order valence-corrected chi connectivity index (χ2v) is 6.75. The number of benzene rings is 1. The third kappa shape index (κ3) is 3.44. The van der Waals surface area contributed by atoms with Crippen LogP contribution in [0.1, 0.15) is 36.1 Å². The third-order valence-electron chi connectivity index (χ3n) is 5.25. The highest BCUT2D eigenvalue weighted by Gasteiger charge is 2.35. The maximum absolute atomic E-state index is 12.6. The Balaban J connectivity index is 1.93. The summed E-state index contributed by atoms with van der Waals surface area (Å²) in [6.45, 7) is 6.63. The van der Waals surface area contributed by atoms with Crippen LogP contribution < -0.4 is 5.73 Å². The van der Waals surface area contributed by atoms with Crippen LogP contribution in [0.5, 0.6) is 0 Å². The topological polar surface area (TPSA) is 85.8 Å². The Labute approximate surface area is 149 Å². The average molecular weight is 341 g/mol. The number of rotatable bonds is 4. The first kappa shape index (κ1) is 17.6. The Bertz CT molecular complexity index is 712. The van der Waals surface area contributed by atoms with Crippen molar-refractivity contribution in [2.75, 3.05) is 32.7 Å². The first-order valence-corrected chi connectivity index (χ1v) is 8.97. The quantitative estimate of drug-likeness (QED) is 0.814. The van der Waals surface area contributed by atoms with E-state index in [0.717, 1.165) is 25.3 Å². The summed E-state index contributed by atoms with van der Waals surface area (Å²) in [7, 11) is 0. The Morgan fingerprint density at radius 2 is 2.28 bits per heavy atom. The Hall–Kier alpha value is -2.21. The first-order chi connectivity index (χ1) is 12.0. The number of carbonyl (C=O) groups excluding carboxylic acids is 1. The first-order valence-electron chi connectivity index (χ1n) is 8.97. The van der Waals surface area contributed by atoms with Crippen molar-refractivity contribution in [3.05, 3.63) is 34.9 Å². The standard InChI is InChI=1S/C19H27N5O/c1-3-23(12-14(21)10-20)18-9-17-16-6-4-5-13(2)15(16)7-8-24(17)19(25)11-22-18/h4-6,17,21H,3,7-12,20H2,1-2H3. The number of carbonyl (C=O) groups is 1. The van der Waals surface area contributed by atoms with Gasteiger partial charge in [-0.15, -0.1) is 0 Å². The molecule has 1 aromatic carbocycles. The predicted molar refractivity (Wildman–Crippen MR) is 100 cm³/mol. The molecule has 0 saturated heterocycles. The van der Waals surface area contributed by atoms with Gasteiger partial charge in [0.2, 0.25) is 5.91 Å². The van der Waals surface area contributed by atoms with Crippen molar-refractivity contribution in [1.82, 2.24) is 9.80 Å². The van der Waals surface area contributed by atoms with Gasteiger partial charge in [0.25, 0.3) is 0 Å². The molecule has 3 rings (SSSR count). The Morgan fingerprint density at radius 1 is 1.48 bits per heavy atom. The number of amides is 1. The zero-order chi connectivity index (χ0) is 18.0. The van der Waals surface area contributed by atoms with Crippen molar-refractivity contribution in [1.29, 1.82) is 5.41 Å². The van der Waals surface area contributed by atoms with E-state index in [1.165, 1.54) is 16.7 Å². The van der Waals surface area contributed by atoms with Crippen LogP contribution in [-0.4, -0.2) is 60.0 Å². The second-order valence-electron chi connectivity index (χ2n) is 6.75. The van der Waals surface area contributed by atoms with Gasteiger partial charge in [-0.1, -0.05) is 18.2 Å². The Kier molecular flexibility index (Phi) is 5.18. The number of aryl methyl sites for hydroxylation is 1. The molecule has 6 heteroatoms. The van der Waals surface area contributed by atoms with Crippen molar-refractivity contribution >= 4 is 17.5 Å². The summed E-state index contributed by atoms with van der Waals surface area (Å²) < 4.78 is 0. The number of nitrogens with zero attached hydrogens (tertiary/aromatic N) is 3. The predicted octanol–water partition coefficient (Wildman–Crippen LogP) is 1.52. The number of fused-ring (bicyclic) bond motifs is 3. The van der Waals surface area contributed by atoms with Crippen LogP contribution in [0.25, 0.3) is 0 Å². The van der Waals surface area contributed by atoms with Crippen molar-refractivity contribution in [3.8, 4) is 0 Å². The van der Waals surface area contributed by atoms with Crippen molar-refractivity contribution < 1.29 is 4.79 Å². The minimum absolute atomic E-state index is 0.0403. The van der Waals surface area contributed by atoms with Gasteiger partial charge in [0.05, 0.1) is 12.6 Å². The molecule has 0 spiro atoms. The smallest absolute Gasteiger partial charge is 0.244 e. The van der Waals surface area contributed by atoms with Crippen molar-refractivity contribution in [3.63, 3.8) is 0 Å². The molecule has 1 unspecified atom stereocenters. The summed E-state index contributed by atoms with van der Waals surface area (Å²) in [5.74, 6) is 1.01. The third-order valence-corrected chi connectivity index (χ3v) is 5.25. The zero-order valence-electron chi connectivity index (χ0n) is 15.1. The molecule has 0 bridgehead atoms. The fraction of sp³-hybridized carbons (Fsp3) is 0.526. The van der Waals surface area contributed by atoms with Gasteiger partial charge in [0.1, 0.15) is 12.4 Å². The molecule has 2 aliphatic rings. The van der Waals surface area contributed by atoms with E-state index in [9.17, 15) is 4.79 Å². The van der Waals surface area contributed by atoms with Crippen LogP contribution >= 0.6 is 0 Å². The molecule has 0 radical (unpaired) electrons. The summed E-state index contributed by atoms with van der Waals surface area (Å²) in [5.41, 5.74) is 9.99. The lowest BCUT2D eigenvalue weighted by atomic mass is 9.87. The molecule has 134 valence electrons. The molecule has 25 heavy (non-hydrogen) atoms. The highest BCUT2D eigenvalue weighted by Crippen LogP contribution is 2.35. The van der Waals surface area contributed by atoms with Gasteiger partial charge in [-0.2, -0.15) is 0 Å². The minimum Gasteiger partial charge on any atom is -0.355 e. The summed E-state index contributed by atoms with van der Waals surface area (Å²) >= 11 is 0. The monoisotopic (exact) mass is 341 g/mol. The lowest BCUT2D eigenvalue weighted by Gasteiger charge is -2.37. The van der Waals surface area contributed by atoms with Gasteiger partial charge in [-0.3, -0.25) is 9.79 Å². The molecule has 0 saturated carbocycles. The van der Waals surface area contributed by atoms with E-state index < -0.39 is 0 Å². The molecule has 0 aromatic heterocycles. The molecule has 1 atom stereocenters. The van der Waals surface area contributed by atoms with E-state index in [-0.39, 0.29) is 25.0 Å². The lowest BCUT2D eigenvalue weighted by molar-refractivity contribution is -0.132. The second kappa shape index (κ2) is 7.35. The number of aliphatic imine (C=N–C) groups is 1. The van der Waals surface area contributed by atoms with Crippen LogP contribution in [0.4, 0.5) is 0 Å². The molecule has 0 fully saturated rings. The van der Waals surface area contributed by atoms with Crippen LogP contribution in [0.2, 0.25) is 0 Å². The fourth-order valence-corrected chi connectivity index (χ4v) is 3.85. The molecule has 1 aromatic rings. The minimum atomic E-state index is 0.0403. The summed E-state index contributed by atoms with van der Waals surface area (Å²) in [6.07, 6.45) is 1.61. The van der Waals surface area contributed by atoms with Crippen LogP contribution in [0, 0.1) is 12.3 Å². The highest BCUT2D eigenvalue weighted by molar-refractivity contribution is 5.93. The van der Waals surface area contributed by atoms with Crippen molar-refractivity contribution in [2.24, 2.45) is 10.7 Å². The van der Waals surface area contributed by atoms with E-state index in [4.69, 9.17) is 11.1 Å². The van der Waals surface area contributed by atoms with Gasteiger partial charge in [-0.25, -0.2) is 0 Å². The number of nitrogens with one attached hydrogen (secondary N) is 1. The molecule has 2 aliphatic heterocycles. The molecule has 6 nitrogen and oxygen atoms in total. The van der Waals surface area contributed by atoms with Gasteiger partial charge in [-0.05, 0) is 37.0 Å². The van der Waals surface area contributed by atoms with E-state index >= 15 is 0 Å². The van der Waals surface area contributed by atoms with Gasteiger partial charge in [0, 0.05) is 31.8 Å². The largest absolute Gasteiger partial charge is 0.355 e. The molecule has 2 heterocycles. The molecular weight excluding hydrogens is 314 g/mol. The number of hydrogen-bond acceptors (Lipinski definition) is 5. The zero-order valence-corrected chi connectivity index (χ0v) is 15.1. The molecular formula is C19H27N5O. The summed E-state index contributed by atoms with van der Waals surface area (Å²) in [4.78, 5) is 21.3. The number of hydrogen-bond donors (Lipinski definition) is 2. The fourth-order valence-electron chi connectivity index (χ4n) is 3.85. The van der Waals surface area contributed by atoms with Crippen LogP contribution in [0.15, 0.2) is 23.2 Å². The SMILES string of the molecule is CCN(CC(=N)CN)C1=NCC(=O)N2CCc3c(C)cccc3C2C1. The highest BCUT2D eigenvalue weighted by atomic mass is 16.2. The molecule has 0 aliphatic carbocycles. The van der Waals surface area contributed by atoms with Crippen molar-refractivity contribution in [2.45, 2.75) is 32.7 Å². The maximum Gasteiger partial charge on any atom is 0.244 e. The molecule has 3 N–H and O–H groups in total. The van der Waals surface area contributed by atoms with E-state index in [1.807, 2.05) is 4.90 Å². The normalized spacial score (nSPS) is 19.6. The van der Waals surface area contributed by atoms with Crippen LogP contribution in [0.3, 0.4) is 0 Å². The summed E-state index contributed by atoms with van der Waals surface area (Å²) in [5, 5.41) is 7.91. The number of nitrogens with two attached hydrogens (primary N) is 1. The van der Waals surface area contributed by atoms with Gasteiger partial charge >= 0.3 is 0 Å². The van der Waals surface area contributed by atoms with E-state index in [0.29, 0.717) is 18.7 Å². The van der Waals surface area contributed by atoms with E-state index in [1.54, 1.807) is 0 Å². The van der Waals surface area contributed by atoms with Gasteiger partial charge in [0.15, 0.2) is 0 Å².